The quantitative estimate of drug-likeness (QED) is 0.593. The summed E-state index contributed by atoms with van der Waals surface area (Å²) in [5.41, 5.74) is 5.47. The van der Waals surface area contributed by atoms with Crippen LogP contribution in [0, 0.1) is 0 Å². The lowest BCUT2D eigenvalue weighted by atomic mass is 10.3. The van der Waals surface area contributed by atoms with Crippen LogP contribution in [0.4, 0.5) is 0 Å². The molecule has 1 rings (SSSR count). The molecule has 7 heteroatoms. The van der Waals surface area contributed by atoms with Gasteiger partial charge in [0, 0.05) is 53.0 Å². The van der Waals surface area contributed by atoms with E-state index < -0.39 is 10.0 Å². The first-order valence-corrected chi connectivity index (χ1v) is 7.60. The molecule has 17 heavy (non-hydrogen) atoms. The molecule has 0 spiro atoms. The van der Waals surface area contributed by atoms with Crippen LogP contribution in [0.2, 0.25) is 0 Å². The zero-order valence-electron chi connectivity index (χ0n) is 10.5. The number of hydrogen-bond acceptors (Lipinski definition) is 5. The van der Waals surface area contributed by atoms with E-state index in [1.807, 2.05) is 0 Å². The zero-order valence-corrected chi connectivity index (χ0v) is 11.3. The Labute approximate surface area is 104 Å². The SMILES string of the molecule is COCCCS(=O)(=O)N1CCN(CCN)CC1. The zero-order chi connectivity index (χ0) is 12.7. The minimum absolute atomic E-state index is 0.178. The van der Waals surface area contributed by atoms with Crippen LogP contribution in [0.15, 0.2) is 0 Å². The van der Waals surface area contributed by atoms with E-state index in [1.165, 1.54) is 0 Å². The second-order valence-corrected chi connectivity index (χ2v) is 6.28. The first-order valence-electron chi connectivity index (χ1n) is 5.99. The molecule has 0 bridgehead atoms. The largest absolute Gasteiger partial charge is 0.385 e. The van der Waals surface area contributed by atoms with Crippen molar-refractivity contribution in [3.05, 3.63) is 0 Å². The molecule has 1 saturated heterocycles. The van der Waals surface area contributed by atoms with E-state index in [1.54, 1.807) is 11.4 Å². The Bertz CT molecular complexity index is 300. The second-order valence-electron chi connectivity index (χ2n) is 4.19. The van der Waals surface area contributed by atoms with E-state index >= 15 is 0 Å². The standard InChI is InChI=1S/C10H23N3O3S/c1-16-9-2-10-17(14,15)13-7-5-12(4-3-11)6-8-13/h2-11H2,1H3. The summed E-state index contributed by atoms with van der Waals surface area (Å²) in [6, 6.07) is 0. The van der Waals surface area contributed by atoms with E-state index in [4.69, 9.17) is 10.5 Å². The number of rotatable bonds is 7. The van der Waals surface area contributed by atoms with Gasteiger partial charge >= 0.3 is 0 Å². The van der Waals surface area contributed by atoms with E-state index in [9.17, 15) is 8.42 Å². The number of piperazine rings is 1. The van der Waals surface area contributed by atoms with Crippen LogP contribution in [-0.4, -0.2) is 76.4 Å². The van der Waals surface area contributed by atoms with Gasteiger partial charge in [-0.2, -0.15) is 4.31 Å². The van der Waals surface area contributed by atoms with E-state index in [2.05, 4.69) is 4.90 Å². The summed E-state index contributed by atoms with van der Waals surface area (Å²) in [6.07, 6.45) is 0.557. The van der Waals surface area contributed by atoms with Crippen molar-refractivity contribution < 1.29 is 13.2 Å². The molecule has 0 aromatic rings. The van der Waals surface area contributed by atoms with Crippen LogP contribution in [-0.2, 0) is 14.8 Å². The molecular formula is C10H23N3O3S. The van der Waals surface area contributed by atoms with Crippen molar-refractivity contribution in [1.29, 1.82) is 0 Å². The van der Waals surface area contributed by atoms with Gasteiger partial charge in [0.15, 0.2) is 0 Å². The lowest BCUT2D eigenvalue weighted by molar-refractivity contribution is 0.189. The molecule has 1 aliphatic rings. The van der Waals surface area contributed by atoms with Crippen LogP contribution in [0.3, 0.4) is 0 Å². The molecule has 0 saturated carbocycles. The first-order chi connectivity index (χ1) is 8.10. The molecule has 0 amide bonds. The van der Waals surface area contributed by atoms with Crippen LogP contribution in [0.5, 0.6) is 0 Å². The maximum atomic E-state index is 12.0. The van der Waals surface area contributed by atoms with Gasteiger partial charge in [0.25, 0.3) is 0 Å². The van der Waals surface area contributed by atoms with Crippen molar-refractivity contribution >= 4 is 10.0 Å². The summed E-state index contributed by atoms with van der Waals surface area (Å²) in [5, 5.41) is 0. The molecule has 2 N–H and O–H groups in total. The van der Waals surface area contributed by atoms with Crippen LogP contribution >= 0.6 is 0 Å². The van der Waals surface area contributed by atoms with Gasteiger partial charge in [-0.3, -0.25) is 4.90 Å². The Morgan fingerprint density at radius 2 is 1.88 bits per heavy atom. The van der Waals surface area contributed by atoms with Gasteiger partial charge in [-0.15, -0.1) is 0 Å². The highest BCUT2D eigenvalue weighted by molar-refractivity contribution is 7.89. The number of hydrogen-bond donors (Lipinski definition) is 1. The van der Waals surface area contributed by atoms with Gasteiger partial charge in [-0.1, -0.05) is 0 Å². The Morgan fingerprint density at radius 1 is 1.24 bits per heavy atom. The number of nitrogens with two attached hydrogens (primary N) is 1. The van der Waals surface area contributed by atoms with Gasteiger partial charge in [-0.25, -0.2) is 8.42 Å². The monoisotopic (exact) mass is 265 g/mol. The van der Waals surface area contributed by atoms with Crippen molar-refractivity contribution in [3.63, 3.8) is 0 Å². The fourth-order valence-corrected chi connectivity index (χ4v) is 3.39. The van der Waals surface area contributed by atoms with Gasteiger partial charge in [0.05, 0.1) is 5.75 Å². The van der Waals surface area contributed by atoms with Gasteiger partial charge < -0.3 is 10.5 Å². The maximum Gasteiger partial charge on any atom is 0.214 e. The second kappa shape index (κ2) is 7.27. The molecular weight excluding hydrogens is 242 g/mol. The summed E-state index contributed by atoms with van der Waals surface area (Å²) >= 11 is 0. The summed E-state index contributed by atoms with van der Waals surface area (Å²) in [5.74, 6) is 0.178. The van der Waals surface area contributed by atoms with Gasteiger partial charge in [0.2, 0.25) is 10.0 Å². The van der Waals surface area contributed by atoms with E-state index in [0.29, 0.717) is 32.7 Å². The third-order valence-electron chi connectivity index (χ3n) is 2.92. The Kier molecular flexibility index (Phi) is 6.35. The third kappa shape index (κ3) is 4.89. The molecule has 0 atom stereocenters. The first kappa shape index (κ1) is 14.8. The van der Waals surface area contributed by atoms with E-state index in [0.717, 1.165) is 19.6 Å². The minimum atomic E-state index is -3.10. The number of nitrogens with zero attached hydrogens (tertiary/aromatic N) is 2. The van der Waals surface area contributed by atoms with Crippen LogP contribution in [0.1, 0.15) is 6.42 Å². The van der Waals surface area contributed by atoms with Gasteiger partial charge in [0.1, 0.15) is 0 Å². The minimum Gasteiger partial charge on any atom is -0.385 e. The van der Waals surface area contributed by atoms with Gasteiger partial charge in [-0.05, 0) is 6.42 Å². The fourth-order valence-electron chi connectivity index (χ4n) is 1.93. The Hall–Kier alpha value is -0.210. The van der Waals surface area contributed by atoms with Crippen LogP contribution < -0.4 is 5.73 Å². The molecule has 0 unspecified atom stereocenters. The predicted octanol–water partition coefficient (Wildman–Crippen LogP) is -1.07. The van der Waals surface area contributed by atoms with Crippen molar-refractivity contribution in [2.24, 2.45) is 5.73 Å². The molecule has 0 aromatic carbocycles. The highest BCUT2D eigenvalue weighted by atomic mass is 32.2. The molecule has 6 nitrogen and oxygen atoms in total. The molecule has 1 heterocycles. The average molecular weight is 265 g/mol. The summed E-state index contributed by atoms with van der Waals surface area (Å²) in [6.45, 7) is 4.68. The third-order valence-corrected chi connectivity index (χ3v) is 4.88. The number of methoxy groups -OCH3 is 1. The molecule has 0 aliphatic carbocycles. The van der Waals surface area contributed by atoms with Crippen molar-refractivity contribution in [2.75, 3.05) is 58.7 Å². The van der Waals surface area contributed by atoms with E-state index in [-0.39, 0.29) is 5.75 Å². The molecule has 1 aliphatic heterocycles. The van der Waals surface area contributed by atoms with Crippen molar-refractivity contribution in [1.82, 2.24) is 9.21 Å². The topological polar surface area (TPSA) is 75.9 Å². The normalized spacial score (nSPS) is 19.6. The molecule has 1 fully saturated rings. The Morgan fingerprint density at radius 3 is 2.41 bits per heavy atom. The Balaban J connectivity index is 2.36. The van der Waals surface area contributed by atoms with Crippen molar-refractivity contribution in [3.8, 4) is 0 Å². The summed E-state index contributed by atoms with van der Waals surface area (Å²) in [7, 11) is -1.52. The average Bonchev–Trinajstić information content (AvgIpc) is 2.30. The number of sulfonamides is 1. The smallest absolute Gasteiger partial charge is 0.214 e. The predicted molar refractivity (Wildman–Crippen MR) is 67.3 cm³/mol. The maximum absolute atomic E-state index is 12.0. The summed E-state index contributed by atoms with van der Waals surface area (Å²) in [4.78, 5) is 2.20. The molecule has 102 valence electrons. The highest BCUT2D eigenvalue weighted by Gasteiger charge is 2.25. The summed E-state index contributed by atoms with van der Waals surface area (Å²) < 4.78 is 30.4. The molecule has 0 radical (unpaired) electrons. The molecule has 0 aromatic heterocycles. The fraction of sp³-hybridized carbons (Fsp3) is 1.00. The lowest BCUT2D eigenvalue weighted by Crippen LogP contribution is -2.50. The van der Waals surface area contributed by atoms with Crippen LogP contribution in [0.25, 0.3) is 0 Å². The number of ether oxygens (including phenoxy) is 1. The highest BCUT2D eigenvalue weighted by Crippen LogP contribution is 2.08. The lowest BCUT2D eigenvalue weighted by Gasteiger charge is -2.33. The van der Waals surface area contributed by atoms with Crippen molar-refractivity contribution in [2.45, 2.75) is 6.42 Å².